The molecule has 1 fully saturated rings. The second kappa shape index (κ2) is 11.1. The number of nitrogens with zero attached hydrogens (tertiary/aromatic N) is 3. The number of halogens is 1. The van der Waals surface area contributed by atoms with Crippen molar-refractivity contribution in [3.8, 4) is 5.75 Å². The Morgan fingerprint density at radius 1 is 1.10 bits per heavy atom. The van der Waals surface area contributed by atoms with Crippen LogP contribution in [0, 0.1) is 20.2 Å². The molecule has 1 N–H and O–H groups in total. The molecule has 1 aliphatic heterocycles. The number of hydrogen-bond acceptors (Lipinski definition) is 10. The van der Waals surface area contributed by atoms with Gasteiger partial charge in [0.1, 0.15) is 18.1 Å². The molecule has 39 heavy (non-hydrogen) atoms. The second-order valence-corrected chi connectivity index (χ2v) is 8.81. The first kappa shape index (κ1) is 27.0. The van der Waals surface area contributed by atoms with Gasteiger partial charge in [-0.25, -0.2) is 9.59 Å². The van der Waals surface area contributed by atoms with Crippen LogP contribution in [0.5, 0.6) is 5.75 Å². The summed E-state index contributed by atoms with van der Waals surface area (Å²) < 4.78 is 15.7. The summed E-state index contributed by atoms with van der Waals surface area (Å²) in [5.74, 6) is -1.46. The van der Waals surface area contributed by atoms with Gasteiger partial charge in [0.25, 0.3) is 11.6 Å². The number of ether oxygens (including phenoxy) is 2. The Morgan fingerprint density at radius 2 is 1.82 bits per heavy atom. The lowest BCUT2D eigenvalue weighted by Crippen LogP contribution is -2.30. The molecule has 3 aromatic rings. The van der Waals surface area contributed by atoms with Gasteiger partial charge in [0.2, 0.25) is 11.5 Å². The van der Waals surface area contributed by atoms with Crippen molar-refractivity contribution in [1.82, 2.24) is 10.2 Å². The number of furan rings is 1. The quantitative estimate of drug-likeness (QED) is 0.122. The van der Waals surface area contributed by atoms with Gasteiger partial charge < -0.3 is 19.2 Å². The molecule has 14 nitrogen and oxygen atoms in total. The van der Waals surface area contributed by atoms with Gasteiger partial charge in [-0.15, -0.1) is 0 Å². The number of nitrogens with one attached hydrogen (secondary N) is 1. The molecule has 0 radical (unpaired) electrons. The lowest BCUT2D eigenvalue weighted by atomic mass is 10.1. The van der Waals surface area contributed by atoms with Crippen molar-refractivity contribution in [2.24, 2.45) is 0 Å². The van der Waals surface area contributed by atoms with Gasteiger partial charge in [0.15, 0.2) is 0 Å². The number of carbonyl (C=O) groups excluding carboxylic acids is 3. The number of non-ortho nitro benzene ring substituents is 1. The third kappa shape index (κ3) is 5.93. The Balaban J connectivity index is 1.53. The van der Waals surface area contributed by atoms with Crippen LogP contribution in [0.25, 0.3) is 6.08 Å². The number of benzene rings is 2. The number of rotatable bonds is 9. The Labute approximate surface area is 227 Å². The molecule has 1 saturated heterocycles. The normalized spacial score (nSPS) is 13.9. The Kier molecular flexibility index (Phi) is 7.71. The van der Waals surface area contributed by atoms with Crippen molar-refractivity contribution in [3.05, 3.63) is 102 Å². The van der Waals surface area contributed by atoms with E-state index < -0.39 is 33.4 Å². The fourth-order valence-corrected chi connectivity index (χ4v) is 4.12. The molecule has 0 spiro atoms. The Hall–Kier alpha value is -5.05. The number of imide groups is 1. The van der Waals surface area contributed by atoms with Crippen LogP contribution in [0.3, 0.4) is 0 Å². The predicted octanol–water partition coefficient (Wildman–Crippen LogP) is 4.32. The maximum Gasteiger partial charge on any atom is 0.373 e. The van der Waals surface area contributed by atoms with Crippen LogP contribution in [0.4, 0.5) is 16.2 Å². The first-order valence-electron chi connectivity index (χ1n) is 10.9. The minimum atomic E-state index is -0.751. The number of carbonyl (C=O) groups is 3. The van der Waals surface area contributed by atoms with Crippen molar-refractivity contribution in [3.63, 3.8) is 0 Å². The van der Waals surface area contributed by atoms with Gasteiger partial charge in [-0.1, -0.05) is 0 Å². The number of hydrogen-bond donors (Lipinski definition) is 1. The van der Waals surface area contributed by atoms with Crippen molar-refractivity contribution in [1.29, 1.82) is 0 Å². The van der Waals surface area contributed by atoms with Gasteiger partial charge in [0, 0.05) is 18.2 Å². The van der Waals surface area contributed by atoms with Crippen LogP contribution in [-0.4, -0.2) is 39.8 Å². The highest BCUT2D eigenvalue weighted by molar-refractivity contribution is 9.10. The highest BCUT2D eigenvalue weighted by Gasteiger charge is 2.34. The minimum absolute atomic E-state index is 0.0941. The molecule has 2 aromatic carbocycles. The van der Waals surface area contributed by atoms with Crippen molar-refractivity contribution >= 4 is 51.3 Å². The zero-order chi connectivity index (χ0) is 28.3. The summed E-state index contributed by atoms with van der Waals surface area (Å²) in [6.45, 7) is -0.371. The minimum Gasteiger partial charge on any atom is -0.481 e. The largest absolute Gasteiger partial charge is 0.481 e. The zero-order valence-corrected chi connectivity index (χ0v) is 21.5. The molecule has 1 aromatic heterocycles. The topological polar surface area (TPSA) is 184 Å². The van der Waals surface area contributed by atoms with E-state index in [-0.39, 0.29) is 51.8 Å². The molecule has 0 unspecified atom stereocenters. The highest BCUT2D eigenvalue weighted by atomic mass is 79.9. The van der Waals surface area contributed by atoms with E-state index in [1.54, 1.807) is 0 Å². The van der Waals surface area contributed by atoms with E-state index >= 15 is 0 Å². The van der Waals surface area contributed by atoms with Crippen LogP contribution < -0.4 is 10.1 Å². The highest BCUT2D eigenvalue weighted by Crippen LogP contribution is 2.38. The molecule has 200 valence electrons. The summed E-state index contributed by atoms with van der Waals surface area (Å²) >= 11 is 3.24. The van der Waals surface area contributed by atoms with E-state index in [0.29, 0.717) is 5.56 Å². The number of amides is 3. The monoisotopic (exact) mass is 600 g/mol. The van der Waals surface area contributed by atoms with Gasteiger partial charge in [-0.05, 0) is 63.5 Å². The third-order valence-corrected chi connectivity index (χ3v) is 6.00. The summed E-state index contributed by atoms with van der Waals surface area (Å²) in [5, 5.41) is 25.0. The van der Waals surface area contributed by atoms with Gasteiger partial charge >= 0.3 is 17.7 Å². The molecule has 0 atom stereocenters. The molecule has 4 rings (SSSR count). The number of nitro groups is 2. The van der Waals surface area contributed by atoms with Crippen LogP contribution in [0.1, 0.15) is 27.4 Å². The van der Waals surface area contributed by atoms with E-state index in [2.05, 4.69) is 26.0 Å². The lowest BCUT2D eigenvalue weighted by Gasteiger charge is -2.10. The molecule has 0 aliphatic carbocycles. The standard InChI is InChI=1S/C24H17BrN4O10/c1-37-23(31)20-7-6-16(39-20)11-27-22(30)18(26-24(27)32)9-14-8-17(25)21(19(10-14)29(35)36)38-12-13-2-4-15(5-3-13)28(33)34/h2-10H,11-12H2,1H3,(H,26,32)/b18-9-. The van der Waals surface area contributed by atoms with Gasteiger partial charge in [0.05, 0.1) is 28.0 Å². The predicted molar refractivity (Wildman–Crippen MR) is 135 cm³/mol. The molecule has 0 saturated carbocycles. The van der Waals surface area contributed by atoms with Crippen LogP contribution >= 0.6 is 15.9 Å². The zero-order valence-electron chi connectivity index (χ0n) is 19.9. The van der Waals surface area contributed by atoms with Gasteiger partial charge in [-0.2, -0.15) is 0 Å². The third-order valence-electron chi connectivity index (χ3n) is 5.41. The molecule has 15 heteroatoms. The average molecular weight is 601 g/mol. The molecule has 1 aliphatic rings. The number of urea groups is 1. The fourth-order valence-electron chi connectivity index (χ4n) is 3.54. The number of nitro benzene ring substituents is 2. The van der Waals surface area contributed by atoms with E-state index in [0.717, 1.165) is 4.90 Å². The lowest BCUT2D eigenvalue weighted by molar-refractivity contribution is -0.386. The Morgan fingerprint density at radius 3 is 2.46 bits per heavy atom. The maximum absolute atomic E-state index is 12.8. The van der Waals surface area contributed by atoms with Crippen LogP contribution in [0.2, 0.25) is 0 Å². The maximum atomic E-state index is 12.8. The molecule has 0 bridgehead atoms. The summed E-state index contributed by atoms with van der Waals surface area (Å²) in [5.41, 5.74) is 0.0963. The van der Waals surface area contributed by atoms with Crippen molar-refractivity contribution in [2.45, 2.75) is 13.2 Å². The van der Waals surface area contributed by atoms with Gasteiger partial charge in [-0.3, -0.25) is 29.9 Å². The molecular formula is C24H17BrN4O10. The fraction of sp³-hybridized carbons (Fsp3) is 0.125. The van der Waals surface area contributed by atoms with Crippen LogP contribution in [-0.2, 0) is 22.7 Å². The Bertz CT molecular complexity index is 1530. The summed E-state index contributed by atoms with van der Waals surface area (Å²) in [7, 11) is 1.18. The van der Waals surface area contributed by atoms with Crippen molar-refractivity contribution in [2.75, 3.05) is 7.11 Å². The summed E-state index contributed by atoms with van der Waals surface area (Å²) in [6.07, 6.45) is 1.26. The van der Waals surface area contributed by atoms with E-state index in [9.17, 15) is 34.6 Å². The first-order chi connectivity index (χ1) is 18.6. The van der Waals surface area contributed by atoms with Crippen molar-refractivity contribution < 1.29 is 38.1 Å². The first-order valence-corrected chi connectivity index (χ1v) is 11.7. The van der Waals surface area contributed by atoms with E-state index in [1.807, 2.05) is 0 Å². The van der Waals surface area contributed by atoms with E-state index in [1.165, 1.54) is 61.7 Å². The van der Waals surface area contributed by atoms with E-state index in [4.69, 9.17) is 9.15 Å². The molecule has 2 heterocycles. The average Bonchev–Trinajstić information content (AvgIpc) is 3.48. The SMILES string of the molecule is COC(=O)c1ccc(CN2C(=O)N/C(=C\c3cc(Br)c(OCc4ccc([N+](=O)[O-])cc4)c([N+](=O)[O-])c3)C2=O)o1. The number of methoxy groups -OCH3 is 1. The summed E-state index contributed by atoms with van der Waals surface area (Å²) in [6, 6.07) is 10.2. The van der Waals surface area contributed by atoms with Crippen LogP contribution in [0.15, 0.2) is 63.1 Å². The molecular weight excluding hydrogens is 584 g/mol. The molecule has 3 amide bonds. The number of esters is 1. The summed E-state index contributed by atoms with van der Waals surface area (Å²) in [4.78, 5) is 59.0. The second-order valence-electron chi connectivity index (χ2n) is 7.96. The smallest absolute Gasteiger partial charge is 0.373 e.